The van der Waals surface area contributed by atoms with Crippen LogP contribution in [0.3, 0.4) is 0 Å². The van der Waals surface area contributed by atoms with Crippen molar-refractivity contribution in [1.82, 2.24) is 0 Å². The molecule has 1 amide bonds. The predicted molar refractivity (Wildman–Crippen MR) is 75.5 cm³/mol. The van der Waals surface area contributed by atoms with Crippen LogP contribution in [0.25, 0.3) is 0 Å². The summed E-state index contributed by atoms with van der Waals surface area (Å²) < 4.78 is 0. The van der Waals surface area contributed by atoms with E-state index in [9.17, 15) is 4.79 Å². The second kappa shape index (κ2) is 5.90. The van der Waals surface area contributed by atoms with E-state index in [1.807, 2.05) is 19.1 Å². The van der Waals surface area contributed by atoms with Crippen LogP contribution < -0.4 is 10.6 Å². The number of carbonyl (C=O) groups excluding carboxylic acids is 1. The second-order valence-electron chi connectivity index (χ2n) is 4.72. The molecule has 0 radical (unpaired) electrons. The quantitative estimate of drug-likeness (QED) is 0.820. The Balaban J connectivity index is 2.12. The van der Waals surface area contributed by atoms with E-state index in [0.717, 1.165) is 24.1 Å². The van der Waals surface area contributed by atoms with Crippen LogP contribution in [0, 0.1) is 35.5 Å². The number of benzene rings is 1. The molecule has 1 aromatic rings. The van der Waals surface area contributed by atoms with E-state index in [1.54, 1.807) is 18.2 Å². The van der Waals surface area contributed by atoms with Crippen LogP contribution in [0.4, 0.5) is 11.4 Å². The van der Waals surface area contributed by atoms with Crippen molar-refractivity contribution in [1.29, 1.82) is 10.5 Å². The van der Waals surface area contributed by atoms with Gasteiger partial charge in [0.05, 0.1) is 0 Å². The molecule has 1 aliphatic carbocycles. The van der Waals surface area contributed by atoms with Crippen molar-refractivity contribution in [2.24, 2.45) is 5.92 Å². The fourth-order valence-corrected chi connectivity index (χ4v) is 1.67. The van der Waals surface area contributed by atoms with Crippen LogP contribution in [-0.2, 0) is 4.79 Å². The molecule has 0 atom stereocenters. The molecule has 0 spiro atoms. The lowest BCUT2D eigenvalue weighted by Crippen LogP contribution is -2.14. The SMILES string of the molecule is Cc1ccc(NC=C(C#N)C#N)cc1NC(=O)C1CC1. The van der Waals surface area contributed by atoms with Crippen LogP contribution in [-0.4, -0.2) is 5.91 Å². The van der Waals surface area contributed by atoms with Gasteiger partial charge in [0.2, 0.25) is 5.91 Å². The van der Waals surface area contributed by atoms with Gasteiger partial charge in [-0.05, 0) is 37.5 Å². The smallest absolute Gasteiger partial charge is 0.227 e. The van der Waals surface area contributed by atoms with E-state index in [2.05, 4.69) is 10.6 Å². The number of rotatable bonds is 4. The second-order valence-corrected chi connectivity index (χ2v) is 4.72. The van der Waals surface area contributed by atoms with E-state index < -0.39 is 0 Å². The summed E-state index contributed by atoms with van der Waals surface area (Å²) >= 11 is 0. The highest BCUT2D eigenvalue weighted by molar-refractivity contribution is 5.95. The molecule has 100 valence electrons. The maximum Gasteiger partial charge on any atom is 0.227 e. The van der Waals surface area contributed by atoms with Crippen LogP contribution in [0.2, 0.25) is 0 Å². The number of nitrogens with one attached hydrogen (secondary N) is 2. The molecular weight excluding hydrogens is 252 g/mol. The van der Waals surface area contributed by atoms with E-state index in [0.29, 0.717) is 5.69 Å². The normalized spacial score (nSPS) is 12.8. The van der Waals surface area contributed by atoms with Crippen molar-refractivity contribution in [2.45, 2.75) is 19.8 Å². The molecule has 1 saturated carbocycles. The number of hydrogen-bond donors (Lipinski definition) is 2. The van der Waals surface area contributed by atoms with Crippen LogP contribution in [0.1, 0.15) is 18.4 Å². The molecule has 0 aliphatic heterocycles. The Hall–Kier alpha value is -2.79. The van der Waals surface area contributed by atoms with Crippen molar-refractivity contribution in [3.63, 3.8) is 0 Å². The number of hydrogen-bond acceptors (Lipinski definition) is 4. The fraction of sp³-hybridized carbons (Fsp3) is 0.267. The highest BCUT2D eigenvalue weighted by atomic mass is 16.2. The number of nitrogens with zero attached hydrogens (tertiary/aromatic N) is 2. The molecule has 2 rings (SSSR count). The van der Waals surface area contributed by atoms with E-state index in [1.165, 1.54) is 6.20 Å². The number of carbonyl (C=O) groups is 1. The lowest BCUT2D eigenvalue weighted by Gasteiger charge is -2.10. The Labute approximate surface area is 117 Å². The first-order valence-corrected chi connectivity index (χ1v) is 6.32. The molecule has 1 aliphatic rings. The summed E-state index contributed by atoms with van der Waals surface area (Å²) in [5, 5.41) is 23.1. The van der Waals surface area contributed by atoms with E-state index in [-0.39, 0.29) is 17.4 Å². The molecule has 0 bridgehead atoms. The minimum Gasteiger partial charge on any atom is -0.360 e. The van der Waals surface area contributed by atoms with Gasteiger partial charge in [-0.3, -0.25) is 4.79 Å². The molecule has 0 aromatic heterocycles. The number of aryl methyl sites for hydroxylation is 1. The van der Waals surface area contributed by atoms with Crippen molar-refractivity contribution in [2.75, 3.05) is 10.6 Å². The molecule has 20 heavy (non-hydrogen) atoms. The van der Waals surface area contributed by atoms with Crippen LogP contribution in [0.15, 0.2) is 30.0 Å². The topological polar surface area (TPSA) is 88.7 Å². The van der Waals surface area contributed by atoms with Gasteiger partial charge in [-0.2, -0.15) is 10.5 Å². The molecule has 1 fully saturated rings. The van der Waals surface area contributed by atoms with Gasteiger partial charge >= 0.3 is 0 Å². The molecule has 0 unspecified atom stereocenters. The average Bonchev–Trinajstić information content (AvgIpc) is 3.27. The van der Waals surface area contributed by atoms with Gasteiger partial charge in [-0.1, -0.05) is 6.07 Å². The van der Waals surface area contributed by atoms with Gasteiger partial charge in [-0.25, -0.2) is 0 Å². The zero-order chi connectivity index (χ0) is 14.5. The standard InChI is InChI=1S/C15H14N4O/c1-10-2-5-13(18-9-11(7-16)8-17)6-14(10)19-15(20)12-3-4-12/h2,5-6,9,12,18H,3-4H2,1H3,(H,19,20). The average molecular weight is 266 g/mol. The molecule has 5 nitrogen and oxygen atoms in total. The maximum atomic E-state index is 11.8. The maximum absolute atomic E-state index is 11.8. The number of allylic oxidation sites excluding steroid dienone is 1. The fourth-order valence-electron chi connectivity index (χ4n) is 1.67. The summed E-state index contributed by atoms with van der Waals surface area (Å²) in [6.07, 6.45) is 3.26. The summed E-state index contributed by atoms with van der Waals surface area (Å²) in [6, 6.07) is 9.03. The zero-order valence-electron chi connectivity index (χ0n) is 11.1. The van der Waals surface area contributed by atoms with Gasteiger partial charge in [0.1, 0.15) is 17.7 Å². The highest BCUT2D eigenvalue weighted by Crippen LogP contribution is 2.31. The Kier molecular flexibility index (Phi) is 4.02. The largest absolute Gasteiger partial charge is 0.360 e. The number of nitriles is 2. The molecule has 2 N–H and O–H groups in total. The van der Waals surface area contributed by atoms with Crippen molar-refractivity contribution in [3.05, 3.63) is 35.5 Å². The zero-order valence-corrected chi connectivity index (χ0v) is 11.1. The minimum atomic E-state index is -0.00543. The summed E-state index contributed by atoms with van der Waals surface area (Å²) in [5.74, 6) is 0.199. The first kappa shape index (κ1) is 13.6. The van der Waals surface area contributed by atoms with Gasteiger partial charge in [-0.15, -0.1) is 0 Å². The third-order valence-electron chi connectivity index (χ3n) is 3.07. The first-order valence-electron chi connectivity index (χ1n) is 6.32. The van der Waals surface area contributed by atoms with Crippen molar-refractivity contribution < 1.29 is 4.79 Å². The lowest BCUT2D eigenvalue weighted by molar-refractivity contribution is -0.117. The molecular formula is C15H14N4O. The molecule has 0 saturated heterocycles. The first-order chi connectivity index (χ1) is 9.63. The molecule has 5 heteroatoms. The predicted octanol–water partition coefficient (Wildman–Crippen LogP) is 2.69. The Morgan fingerprint density at radius 1 is 1.35 bits per heavy atom. The van der Waals surface area contributed by atoms with Gasteiger partial charge < -0.3 is 10.6 Å². The summed E-state index contributed by atoms with van der Waals surface area (Å²) in [6.45, 7) is 1.91. The van der Waals surface area contributed by atoms with Gasteiger partial charge in [0.25, 0.3) is 0 Å². The Morgan fingerprint density at radius 2 is 2.05 bits per heavy atom. The monoisotopic (exact) mass is 266 g/mol. The van der Waals surface area contributed by atoms with Crippen LogP contribution >= 0.6 is 0 Å². The van der Waals surface area contributed by atoms with E-state index in [4.69, 9.17) is 10.5 Å². The molecule has 0 heterocycles. The lowest BCUT2D eigenvalue weighted by atomic mass is 10.1. The summed E-state index contributed by atoms with van der Waals surface area (Å²) in [7, 11) is 0. The number of amides is 1. The Bertz CT molecular complexity index is 629. The Morgan fingerprint density at radius 3 is 2.65 bits per heavy atom. The third-order valence-corrected chi connectivity index (χ3v) is 3.07. The van der Waals surface area contributed by atoms with Crippen molar-refractivity contribution >= 4 is 17.3 Å². The summed E-state index contributed by atoms with van der Waals surface area (Å²) in [5.41, 5.74) is 2.42. The summed E-state index contributed by atoms with van der Waals surface area (Å²) in [4.78, 5) is 11.8. The third kappa shape index (κ3) is 3.37. The van der Waals surface area contributed by atoms with Gasteiger partial charge in [0.15, 0.2) is 0 Å². The van der Waals surface area contributed by atoms with Gasteiger partial charge in [0, 0.05) is 23.5 Å². The van der Waals surface area contributed by atoms with Crippen LogP contribution in [0.5, 0.6) is 0 Å². The number of anilines is 2. The van der Waals surface area contributed by atoms with E-state index >= 15 is 0 Å². The van der Waals surface area contributed by atoms with Crippen molar-refractivity contribution in [3.8, 4) is 12.1 Å². The minimum absolute atomic E-state index is 0.00543. The highest BCUT2D eigenvalue weighted by Gasteiger charge is 2.29. The molecule has 1 aromatic carbocycles.